The third-order valence-corrected chi connectivity index (χ3v) is 5.54. The van der Waals surface area contributed by atoms with Gasteiger partial charge in [-0.05, 0) is 23.8 Å². The molecule has 0 bridgehead atoms. The van der Waals surface area contributed by atoms with E-state index >= 15 is 0 Å². The van der Waals surface area contributed by atoms with E-state index in [0.29, 0.717) is 24.7 Å². The number of amides is 3. The minimum absolute atomic E-state index is 0.152. The smallest absolute Gasteiger partial charge is 0.324 e. The molecule has 4 rings (SSSR count). The van der Waals surface area contributed by atoms with Gasteiger partial charge in [-0.3, -0.25) is 9.69 Å². The summed E-state index contributed by atoms with van der Waals surface area (Å²) in [6.45, 7) is 1.55. The summed E-state index contributed by atoms with van der Waals surface area (Å²) in [5.41, 5.74) is 2.88. The van der Waals surface area contributed by atoms with Crippen molar-refractivity contribution >= 4 is 46.3 Å². The van der Waals surface area contributed by atoms with Gasteiger partial charge in [-0.2, -0.15) is 0 Å². The number of thioether (sulfide) groups is 1. The van der Waals surface area contributed by atoms with Crippen LogP contribution in [0.2, 0.25) is 5.02 Å². The second-order valence-corrected chi connectivity index (χ2v) is 7.54. The topological polar surface area (TPSA) is 67.2 Å². The number of hydrogen-bond acceptors (Lipinski definition) is 4. The number of halogens is 1. The number of carbonyl (C=O) groups excluding carboxylic acids is 2. The molecule has 0 aliphatic carbocycles. The zero-order chi connectivity index (χ0) is 18.8. The Labute approximate surface area is 165 Å². The van der Waals surface area contributed by atoms with Crippen LogP contribution >= 0.6 is 23.4 Å². The molecule has 6 nitrogen and oxygen atoms in total. The van der Waals surface area contributed by atoms with Crippen LogP contribution in [0.25, 0.3) is 11.0 Å². The van der Waals surface area contributed by atoms with Crippen LogP contribution in [-0.2, 0) is 11.3 Å². The Hall–Kier alpha value is -2.51. The first-order valence-corrected chi connectivity index (χ1v) is 9.89. The summed E-state index contributed by atoms with van der Waals surface area (Å²) in [6.07, 6.45) is 0. The normalized spacial score (nSPS) is 14.0. The van der Waals surface area contributed by atoms with Crippen molar-refractivity contribution in [1.29, 1.82) is 0 Å². The number of rotatable bonds is 5. The summed E-state index contributed by atoms with van der Waals surface area (Å²) in [5.74, 6) is -0.0643. The van der Waals surface area contributed by atoms with E-state index in [0.717, 1.165) is 21.8 Å². The summed E-state index contributed by atoms with van der Waals surface area (Å²) in [4.78, 5) is 29.9. The SMILES string of the molecule is O=C(CSc1nc2cc(Cl)ccc2n1Cc1ccccc1)N1CCNC1=O. The van der Waals surface area contributed by atoms with Crippen molar-refractivity contribution in [2.24, 2.45) is 0 Å². The van der Waals surface area contributed by atoms with Crippen LogP contribution in [0.1, 0.15) is 5.56 Å². The largest absolute Gasteiger partial charge is 0.336 e. The number of imide groups is 1. The molecule has 1 fully saturated rings. The molecule has 1 aliphatic heterocycles. The molecule has 2 heterocycles. The molecule has 0 atom stereocenters. The number of urea groups is 1. The maximum Gasteiger partial charge on any atom is 0.324 e. The van der Waals surface area contributed by atoms with Crippen LogP contribution in [0.15, 0.2) is 53.7 Å². The van der Waals surface area contributed by atoms with Crippen molar-refractivity contribution in [3.05, 3.63) is 59.1 Å². The summed E-state index contributed by atoms with van der Waals surface area (Å²) in [5, 5.41) is 3.99. The maximum atomic E-state index is 12.4. The van der Waals surface area contributed by atoms with Gasteiger partial charge in [0.2, 0.25) is 5.91 Å². The van der Waals surface area contributed by atoms with Gasteiger partial charge < -0.3 is 9.88 Å². The first-order valence-electron chi connectivity index (χ1n) is 8.52. The number of carbonyl (C=O) groups is 2. The first kappa shape index (κ1) is 17.9. The Kier molecular flexibility index (Phi) is 5.05. The number of benzene rings is 2. The molecule has 3 amide bonds. The van der Waals surface area contributed by atoms with Crippen LogP contribution in [0.4, 0.5) is 4.79 Å². The highest BCUT2D eigenvalue weighted by molar-refractivity contribution is 7.99. The fourth-order valence-electron chi connectivity index (χ4n) is 3.02. The second kappa shape index (κ2) is 7.62. The van der Waals surface area contributed by atoms with Gasteiger partial charge in [-0.25, -0.2) is 9.78 Å². The number of nitrogens with zero attached hydrogens (tertiary/aromatic N) is 3. The Bertz CT molecular complexity index is 1010. The summed E-state index contributed by atoms with van der Waals surface area (Å²) in [7, 11) is 0. The Morgan fingerprint density at radius 1 is 1.22 bits per heavy atom. The lowest BCUT2D eigenvalue weighted by molar-refractivity contribution is -0.124. The molecule has 1 N–H and O–H groups in total. The lowest BCUT2D eigenvalue weighted by Crippen LogP contribution is -2.35. The predicted molar refractivity (Wildman–Crippen MR) is 106 cm³/mol. The summed E-state index contributed by atoms with van der Waals surface area (Å²) < 4.78 is 2.07. The van der Waals surface area contributed by atoms with Crippen LogP contribution in [0, 0.1) is 0 Å². The molecule has 1 aromatic heterocycles. The average Bonchev–Trinajstić information content (AvgIpc) is 3.24. The number of hydrogen-bond donors (Lipinski definition) is 1. The van der Waals surface area contributed by atoms with E-state index in [1.807, 2.05) is 36.4 Å². The highest BCUT2D eigenvalue weighted by Gasteiger charge is 2.26. The quantitative estimate of drug-likeness (QED) is 0.667. The minimum Gasteiger partial charge on any atom is -0.336 e. The number of fused-ring (bicyclic) bond motifs is 1. The standard InChI is InChI=1S/C19H17ClN4O2S/c20-14-6-7-16-15(10-14)22-19(24(16)11-13-4-2-1-3-5-13)27-12-17(25)23-9-8-21-18(23)26/h1-7,10H,8-9,11-12H2,(H,21,26). The van der Waals surface area contributed by atoms with Crippen molar-refractivity contribution in [3.63, 3.8) is 0 Å². The summed E-state index contributed by atoms with van der Waals surface area (Å²) in [6, 6.07) is 15.3. The van der Waals surface area contributed by atoms with Gasteiger partial charge in [0.25, 0.3) is 0 Å². The van der Waals surface area contributed by atoms with E-state index in [1.165, 1.54) is 16.7 Å². The van der Waals surface area contributed by atoms with E-state index in [4.69, 9.17) is 11.6 Å². The second-order valence-electron chi connectivity index (χ2n) is 6.17. The Morgan fingerprint density at radius 3 is 2.78 bits per heavy atom. The molecule has 3 aromatic rings. The molecule has 0 spiro atoms. The molecule has 0 radical (unpaired) electrons. The van der Waals surface area contributed by atoms with Crippen LogP contribution in [0.5, 0.6) is 0 Å². The lowest BCUT2D eigenvalue weighted by Gasteiger charge is -2.12. The number of nitrogens with one attached hydrogen (secondary N) is 1. The van der Waals surface area contributed by atoms with Gasteiger partial charge in [0.15, 0.2) is 5.16 Å². The lowest BCUT2D eigenvalue weighted by atomic mass is 10.2. The maximum absolute atomic E-state index is 12.4. The fraction of sp³-hybridized carbons (Fsp3) is 0.211. The van der Waals surface area contributed by atoms with Crippen LogP contribution in [0.3, 0.4) is 0 Å². The molecule has 1 aliphatic rings. The molecule has 1 saturated heterocycles. The van der Waals surface area contributed by atoms with E-state index in [9.17, 15) is 9.59 Å². The molecule has 0 saturated carbocycles. The Balaban J connectivity index is 1.61. The third kappa shape index (κ3) is 3.79. The van der Waals surface area contributed by atoms with Crippen LogP contribution in [-0.4, -0.2) is 45.2 Å². The highest BCUT2D eigenvalue weighted by atomic mass is 35.5. The molecule has 138 valence electrons. The van der Waals surface area contributed by atoms with Gasteiger partial charge in [-0.15, -0.1) is 0 Å². The number of aromatic nitrogens is 2. The van der Waals surface area contributed by atoms with Gasteiger partial charge in [-0.1, -0.05) is 53.7 Å². The van der Waals surface area contributed by atoms with Crippen molar-refractivity contribution < 1.29 is 9.59 Å². The first-order chi connectivity index (χ1) is 13.1. The zero-order valence-electron chi connectivity index (χ0n) is 14.4. The third-order valence-electron chi connectivity index (χ3n) is 4.34. The van der Waals surface area contributed by atoms with Crippen molar-refractivity contribution in [3.8, 4) is 0 Å². The van der Waals surface area contributed by atoms with Gasteiger partial charge >= 0.3 is 6.03 Å². The molecular weight excluding hydrogens is 384 g/mol. The van der Waals surface area contributed by atoms with Crippen molar-refractivity contribution in [2.45, 2.75) is 11.7 Å². The average molecular weight is 401 g/mol. The molecule has 27 heavy (non-hydrogen) atoms. The van der Waals surface area contributed by atoms with Crippen molar-refractivity contribution in [2.75, 3.05) is 18.8 Å². The monoisotopic (exact) mass is 400 g/mol. The van der Waals surface area contributed by atoms with Crippen LogP contribution < -0.4 is 5.32 Å². The van der Waals surface area contributed by atoms with E-state index in [2.05, 4.69) is 27.0 Å². The predicted octanol–water partition coefficient (Wildman–Crippen LogP) is 3.38. The van der Waals surface area contributed by atoms with Gasteiger partial charge in [0.1, 0.15) is 0 Å². The van der Waals surface area contributed by atoms with Crippen molar-refractivity contribution in [1.82, 2.24) is 19.8 Å². The molecular formula is C19H17ClN4O2S. The van der Waals surface area contributed by atoms with Gasteiger partial charge in [0, 0.05) is 18.1 Å². The summed E-state index contributed by atoms with van der Waals surface area (Å²) >= 11 is 7.44. The molecule has 0 unspecified atom stereocenters. The molecule has 8 heteroatoms. The minimum atomic E-state index is -0.329. The van der Waals surface area contributed by atoms with E-state index in [-0.39, 0.29) is 17.7 Å². The highest BCUT2D eigenvalue weighted by Crippen LogP contribution is 2.27. The number of imidazole rings is 1. The van der Waals surface area contributed by atoms with E-state index in [1.54, 1.807) is 0 Å². The van der Waals surface area contributed by atoms with Gasteiger partial charge in [0.05, 0.1) is 23.3 Å². The van der Waals surface area contributed by atoms with E-state index < -0.39 is 0 Å². The fourth-order valence-corrected chi connectivity index (χ4v) is 4.08. The Morgan fingerprint density at radius 2 is 2.04 bits per heavy atom. The molecule has 2 aromatic carbocycles. The zero-order valence-corrected chi connectivity index (χ0v) is 16.0.